The number of benzene rings is 1. The lowest BCUT2D eigenvalue weighted by Crippen LogP contribution is -2.38. The van der Waals surface area contributed by atoms with Crippen molar-refractivity contribution in [3.63, 3.8) is 0 Å². The van der Waals surface area contributed by atoms with Crippen LogP contribution in [0.25, 0.3) is 0 Å². The van der Waals surface area contributed by atoms with Crippen molar-refractivity contribution in [1.29, 1.82) is 0 Å². The molecule has 1 unspecified atom stereocenters. The second-order valence-electron chi connectivity index (χ2n) is 6.38. The molecule has 0 aliphatic carbocycles. The molecular weight excluding hydrogens is 218 g/mol. The van der Waals surface area contributed by atoms with Gasteiger partial charge in [0.25, 0.3) is 0 Å². The third kappa shape index (κ3) is 5.68. The van der Waals surface area contributed by atoms with E-state index in [1.807, 2.05) is 0 Å². The Morgan fingerprint density at radius 1 is 1.11 bits per heavy atom. The molecule has 0 saturated heterocycles. The Kier molecular flexibility index (Phi) is 5.87. The van der Waals surface area contributed by atoms with Crippen LogP contribution in [0.15, 0.2) is 24.3 Å². The van der Waals surface area contributed by atoms with Crippen LogP contribution in [0.5, 0.6) is 0 Å². The van der Waals surface area contributed by atoms with Gasteiger partial charge < -0.3 is 5.32 Å². The van der Waals surface area contributed by atoms with Crippen LogP contribution in [0.2, 0.25) is 0 Å². The maximum atomic E-state index is 3.64. The minimum absolute atomic E-state index is 0.204. The van der Waals surface area contributed by atoms with Crippen LogP contribution >= 0.6 is 0 Å². The first-order chi connectivity index (χ1) is 8.42. The molecule has 0 heterocycles. The smallest absolute Gasteiger partial charge is 0.00967 e. The fraction of sp³-hybridized carbons (Fsp3) is 0.647. The quantitative estimate of drug-likeness (QED) is 0.771. The van der Waals surface area contributed by atoms with Crippen molar-refractivity contribution in [1.82, 2.24) is 5.32 Å². The Hall–Kier alpha value is -0.820. The van der Waals surface area contributed by atoms with Crippen molar-refractivity contribution < 1.29 is 0 Å². The van der Waals surface area contributed by atoms with Crippen LogP contribution in [0.4, 0.5) is 0 Å². The van der Waals surface area contributed by atoms with E-state index in [9.17, 15) is 0 Å². The zero-order valence-electron chi connectivity index (χ0n) is 12.7. The minimum atomic E-state index is 0.204. The molecule has 0 aliphatic heterocycles. The van der Waals surface area contributed by atoms with E-state index in [1.165, 1.54) is 30.4 Å². The summed E-state index contributed by atoms with van der Waals surface area (Å²) in [5, 5.41) is 3.64. The van der Waals surface area contributed by atoms with E-state index < -0.39 is 0 Å². The van der Waals surface area contributed by atoms with E-state index >= 15 is 0 Å². The van der Waals surface area contributed by atoms with Crippen LogP contribution in [-0.2, 0) is 0 Å². The van der Waals surface area contributed by atoms with Gasteiger partial charge in [-0.15, -0.1) is 0 Å². The SMILES string of the molecule is CCCCC(CNC(C)(C)C)c1ccc(C)cc1. The Morgan fingerprint density at radius 2 is 1.72 bits per heavy atom. The van der Waals surface area contributed by atoms with Gasteiger partial charge in [0, 0.05) is 12.1 Å². The molecule has 0 aromatic heterocycles. The Morgan fingerprint density at radius 3 is 2.22 bits per heavy atom. The van der Waals surface area contributed by atoms with Gasteiger partial charge in [0.05, 0.1) is 0 Å². The largest absolute Gasteiger partial charge is 0.311 e. The molecule has 1 heteroatoms. The second-order valence-corrected chi connectivity index (χ2v) is 6.38. The van der Waals surface area contributed by atoms with Gasteiger partial charge >= 0.3 is 0 Å². The van der Waals surface area contributed by atoms with Gasteiger partial charge in [0.2, 0.25) is 0 Å². The van der Waals surface area contributed by atoms with Crippen molar-refractivity contribution in [3.8, 4) is 0 Å². The van der Waals surface area contributed by atoms with Gasteiger partial charge in [-0.1, -0.05) is 49.6 Å². The van der Waals surface area contributed by atoms with Crippen molar-refractivity contribution in [2.24, 2.45) is 0 Å². The van der Waals surface area contributed by atoms with E-state index in [0.717, 1.165) is 6.54 Å². The number of hydrogen-bond acceptors (Lipinski definition) is 1. The number of unbranched alkanes of at least 4 members (excludes halogenated alkanes) is 1. The highest BCUT2D eigenvalue weighted by atomic mass is 14.9. The van der Waals surface area contributed by atoms with Gasteiger partial charge in [-0.25, -0.2) is 0 Å². The Balaban J connectivity index is 2.68. The summed E-state index contributed by atoms with van der Waals surface area (Å²) in [5.74, 6) is 0.643. The molecule has 0 fully saturated rings. The molecular formula is C17H29N. The monoisotopic (exact) mass is 247 g/mol. The number of rotatable bonds is 6. The van der Waals surface area contributed by atoms with Crippen molar-refractivity contribution in [2.75, 3.05) is 6.54 Å². The number of nitrogens with one attached hydrogen (secondary N) is 1. The molecule has 0 saturated carbocycles. The minimum Gasteiger partial charge on any atom is -0.311 e. The average molecular weight is 247 g/mol. The molecule has 18 heavy (non-hydrogen) atoms. The maximum Gasteiger partial charge on any atom is 0.00967 e. The standard InChI is InChI=1S/C17H29N/c1-6-7-8-16(13-18-17(3,4)5)15-11-9-14(2)10-12-15/h9-12,16,18H,6-8,13H2,1-5H3. The molecule has 0 bridgehead atoms. The molecule has 1 atom stereocenters. The highest BCUT2D eigenvalue weighted by Crippen LogP contribution is 2.22. The van der Waals surface area contributed by atoms with Gasteiger partial charge in [0.15, 0.2) is 0 Å². The van der Waals surface area contributed by atoms with Gasteiger partial charge in [0.1, 0.15) is 0 Å². The molecule has 102 valence electrons. The lowest BCUT2D eigenvalue weighted by atomic mass is 9.92. The van der Waals surface area contributed by atoms with Crippen LogP contribution < -0.4 is 5.32 Å². The third-order valence-electron chi connectivity index (χ3n) is 3.33. The highest BCUT2D eigenvalue weighted by molar-refractivity contribution is 5.24. The zero-order valence-corrected chi connectivity index (χ0v) is 12.7. The number of hydrogen-bond donors (Lipinski definition) is 1. The summed E-state index contributed by atoms with van der Waals surface area (Å²) in [7, 11) is 0. The normalized spacial score (nSPS) is 13.6. The van der Waals surface area contributed by atoms with Crippen LogP contribution in [0.3, 0.4) is 0 Å². The zero-order chi connectivity index (χ0) is 13.6. The van der Waals surface area contributed by atoms with Gasteiger partial charge in [-0.2, -0.15) is 0 Å². The maximum absolute atomic E-state index is 3.64. The average Bonchev–Trinajstić information content (AvgIpc) is 2.29. The van der Waals surface area contributed by atoms with Crippen LogP contribution in [0, 0.1) is 6.92 Å². The third-order valence-corrected chi connectivity index (χ3v) is 3.33. The van der Waals surface area contributed by atoms with E-state index in [1.54, 1.807) is 0 Å². The fourth-order valence-electron chi connectivity index (χ4n) is 2.11. The Bertz CT molecular complexity index is 332. The molecule has 0 aliphatic rings. The van der Waals surface area contributed by atoms with Crippen LogP contribution in [0.1, 0.15) is 64.0 Å². The second kappa shape index (κ2) is 6.94. The predicted molar refractivity (Wildman–Crippen MR) is 81.2 cm³/mol. The lowest BCUT2D eigenvalue weighted by molar-refractivity contribution is 0.396. The highest BCUT2D eigenvalue weighted by Gasteiger charge is 2.15. The van der Waals surface area contributed by atoms with E-state index in [4.69, 9.17) is 0 Å². The summed E-state index contributed by atoms with van der Waals surface area (Å²) >= 11 is 0. The summed E-state index contributed by atoms with van der Waals surface area (Å²) in [6.45, 7) is 12.2. The van der Waals surface area contributed by atoms with E-state index in [0.29, 0.717) is 5.92 Å². The fourth-order valence-corrected chi connectivity index (χ4v) is 2.11. The molecule has 1 rings (SSSR count). The summed E-state index contributed by atoms with van der Waals surface area (Å²) in [6.07, 6.45) is 3.87. The first-order valence-electron chi connectivity index (χ1n) is 7.24. The molecule has 0 amide bonds. The molecule has 1 N–H and O–H groups in total. The Labute approximate surface area is 113 Å². The van der Waals surface area contributed by atoms with Crippen LogP contribution in [-0.4, -0.2) is 12.1 Å². The summed E-state index contributed by atoms with van der Waals surface area (Å²) in [5.41, 5.74) is 3.03. The summed E-state index contributed by atoms with van der Waals surface area (Å²) < 4.78 is 0. The van der Waals surface area contributed by atoms with E-state index in [-0.39, 0.29) is 5.54 Å². The summed E-state index contributed by atoms with van der Waals surface area (Å²) in [4.78, 5) is 0. The molecule has 0 radical (unpaired) electrons. The lowest BCUT2D eigenvalue weighted by Gasteiger charge is -2.25. The first-order valence-corrected chi connectivity index (χ1v) is 7.24. The van der Waals surface area contributed by atoms with Crippen molar-refractivity contribution in [3.05, 3.63) is 35.4 Å². The molecule has 1 aromatic rings. The van der Waals surface area contributed by atoms with Gasteiger partial charge in [-0.3, -0.25) is 0 Å². The topological polar surface area (TPSA) is 12.0 Å². The van der Waals surface area contributed by atoms with Crippen molar-refractivity contribution in [2.45, 2.75) is 65.3 Å². The van der Waals surface area contributed by atoms with Gasteiger partial charge in [-0.05, 0) is 45.6 Å². The molecule has 0 spiro atoms. The molecule has 1 nitrogen and oxygen atoms in total. The summed E-state index contributed by atoms with van der Waals surface area (Å²) in [6, 6.07) is 9.04. The molecule has 1 aromatic carbocycles. The number of aryl methyl sites for hydroxylation is 1. The van der Waals surface area contributed by atoms with E-state index in [2.05, 4.69) is 64.2 Å². The predicted octanol–water partition coefficient (Wildman–Crippen LogP) is 4.66. The first kappa shape index (κ1) is 15.2. The van der Waals surface area contributed by atoms with Crippen molar-refractivity contribution >= 4 is 0 Å².